The Kier molecular flexibility index (Phi) is 3.23. The van der Waals surface area contributed by atoms with Crippen molar-refractivity contribution < 1.29 is 14.6 Å². The molecule has 2 aromatic rings. The van der Waals surface area contributed by atoms with Crippen molar-refractivity contribution in [2.24, 2.45) is 0 Å². The van der Waals surface area contributed by atoms with Crippen LogP contribution in [0.5, 0.6) is 5.75 Å². The molecule has 0 unspecified atom stereocenters. The third-order valence-electron chi connectivity index (χ3n) is 2.41. The van der Waals surface area contributed by atoms with Crippen molar-refractivity contribution in [3.05, 3.63) is 36.0 Å². The van der Waals surface area contributed by atoms with E-state index in [0.717, 1.165) is 17.3 Å². The monoisotopic (exact) mass is 231 g/mol. The maximum Gasteiger partial charge on any atom is 0.341 e. The maximum atomic E-state index is 11.1. The molecule has 88 valence electrons. The van der Waals surface area contributed by atoms with E-state index in [1.807, 2.05) is 31.2 Å². The number of ether oxygens (including phenoxy) is 1. The van der Waals surface area contributed by atoms with Crippen LogP contribution in [0.15, 0.2) is 30.5 Å². The number of aromatic carboxylic acids is 1. The summed E-state index contributed by atoms with van der Waals surface area (Å²) in [6.07, 6.45) is 2.17. The Labute approximate surface area is 98.9 Å². The van der Waals surface area contributed by atoms with E-state index in [1.54, 1.807) is 0 Å². The van der Waals surface area contributed by atoms with Gasteiger partial charge < -0.3 is 9.84 Å². The van der Waals surface area contributed by atoms with Crippen LogP contribution in [-0.4, -0.2) is 22.7 Å². The highest BCUT2D eigenvalue weighted by Crippen LogP contribution is 2.28. The minimum Gasteiger partial charge on any atom is -0.492 e. The van der Waals surface area contributed by atoms with Crippen molar-refractivity contribution >= 4 is 16.9 Å². The number of carbonyl (C=O) groups is 1. The standard InChI is InChI=1S/C13H13NO3/c1-2-7-17-12-9-5-3-4-6-11(9)14-8-10(12)13(15)16/h3-6,8H,2,7H2,1H3,(H,15,16). The number of fused-ring (bicyclic) bond motifs is 1. The van der Waals surface area contributed by atoms with Crippen molar-refractivity contribution in [2.75, 3.05) is 6.61 Å². The van der Waals surface area contributed by atoms with Gasteiger partial charge in [0.1, 0.15) is 11.3 Å². The van der Waals surface area contributed by atoms with Crippen LogP contribution in [0, 0.1) is 0 Å². The zero-order valence-electron chi connectivity index (χ0n) is 9.51. The van der Waals surface area contributed by atoms with Gasteiger partial charge in [0.25, 0.3) is 0 Å². The highest BCUT2D eigenvalue weighted by molar-refractivity contribution is 5.98. The van der Waals surface area contributed by atoms with Crippen LogP contribution in [0.25, 0.3) is 10.9 Å². The zero-order chi connectivity index (χ0) is 12.3. The quantitative estimate of drug-likeness (QED) is 0.878. The summed E-state index contributed by atoms with van der Waals surface area (Å²) in [5, 5.41) is 9.84. The molecule has 0 saturated carbocycles. The Balaban J connectivity index is 2.61. The van der Waals surface area contributed by atoms with Gasteiger partial charge in [-0.3, -0.25) is 4.98 Å². The lowest BCUT2D eigenvalue weighted by Gasteiger charge is -2.10. The van der Waals surface area contributed by atoms with Crippen molar-refractivity contribution in [1.29, 1.82) is 0 Å². The molecule has 0 bridgehead atoms. The van der Waals surface area contributed by atoms with Gasteiger partial charge >= 0.3 is 5.97 Å². The summed E-state index contributed by atoms with van der Waals surface area (Å²) in [6, 6.07) is 7.35. The number of para-hydroxylation sites is 1. The van der Waals surface area contributed by atoms with Crippen LogP contribution in [0.2, 0.25) is 0 Å². The molecule has 0 saturated heterocycles. The van der Waals surface area contributed by atoms with E-state index in [1.165, 1.54) is 6.20 Å². The van der Waals surface area contributed by atoms with Gasteiger partial charge in [0, 0.05) is 11.6 Å². The number of benzene rings is 1. The summed E-state index contributed by atoms with van der Waals surface area (Å²) in [7, 11) is 0. The smallest absolute Gasteiger partial charge is 0.341 e. The molecule has 1 aromatic heterocycles. The summed E-state index contributed by atoms with van der Waals surface area (Å²) in [4.78, 5) is 15.2. The summed E-state index contributed by atoms with van der Waals surface area (Å²) in [5.74, 6) is -0.612. The second-order valence-electron chi connectivity index (χ2n) is 3.67. The van der Waals surface area contributed by atoms with Gasteiger partial charge in [0.15, 0.2) is 0 Å². The number of aromatic nitrogens is 1. The van der Waals surface area contributed by atoms with Crippen molar-refractivity contribution in [3.63, 3.8) is 0 Å². The van der Waals surface area contributed by atoms with Crippen LogP contribution in [0.3, 0.4) is 0 Å². The molecule has 2 rings (SSSR count). The van der Waals surface area contributed by atoms with E-state index < -0.39 is 5.97 Å². The molecule has 0 aliphatic heterocycles. The number of nitrogens with zero attached hydrogens (tertiary/aromatic N) is 1. The average molecular weight is 231 g/mol. The van der Waals surface area contributed by atoms with E-state index in [2.05, 4.69) is 4.98 Å². The van der Waals surface area contributed by atoms with E-state index in [0.29, 0.717) is 12.4 Å². The molecule has 0 radical (unpaired) electrons. The first-order valence-electron chi connectivity index (χ1n) is 5.48. The molecule has 4 nitrogen and oxygen atoms in total. The predicted octanol–water partition coefficient (Wildman–Crippen LogP) is 2.72. The lowest BCUT2D eigenvalue weighted by molar-refractivity contribution is 0.0692. The molecular weight excluding hydrogens is 218 g/mol. The first-order valence-corrected chi connectivity index (χ1v) is 5.48. The molecule has 0 aliphatic rings. The summed E-state index contributed by atoms with van der Waals surface area (Å²) in [5.41, 5.74) is 0.848. The van der Waals surface area contributed by atoms with E-state index in [-0.39, 0.29) is 5.56 Å². The minimum atomic E-state index is -1.02. The SMILES string of the molecule is CCCOc1c(C(=O)O)cnc2ccccc12. The fraction of sp³-hybridized carbons (Fsp3) is 0.231. The summed E-state index contributed by atoms with van der Waals surface area (Å²) >= 11 is 0. The van der Waals surface area contributed by atoms with Gasteiger partial charge in [-0.1, -0.05) is 19.1 Å². The molecule has 1 heterocycles. The zero-order valence-corrected chi connectivity index (χ0v) is 9.51. The van der Waals surface area contributed by atoms with Crippen LogP contribution < -0.4 is 4.74 Å². The maximum absolute atomic E-state index is 11.1. The van der Waals surface area contributed by atoms with Gasteiger partial charge in [-0.2, -0.15) is 0 Å². The van der Waals surface area contributed by atoms with Gasteiger partial charge in [-0.25, -0.2) is 4.79 Å². The van der Waals surface area contributed by atoms with Crippen LogP contribution in [0.1, 0.15) is 23.7 Å². The number of pyridine rings is 1. The summed E-state index contributed by atoms with van der Waals surface area (Å²) < 4.78 is 5.54. The summed E-state index contributed by atoms with van der Waals surface area (Å²) in [6.45, 7) is 2.47. The number of hydrogen-bond donors (Lipinski definition) is 1. The number of carboxylic acids is 1. The topological polar surface area (TPSA) is 59.4 Å². The van der Waals surface area contributed by atoms with Gasteiger partial charge in [-0.05, 0) is 18.6 Å². The molecule has 0 atom stereocenters. The normalized spacial score (nSPS) is 10.4. The van der Waals surface area contributed by atoms with E-state index in [9.17, 15) is 4.79 Å². The molecule has 1 N–H and O–H groups in total. The fourth-order valence-corrected chi connectivity index (χ4v) is 1.63. The van der Waals surface area contributed by atoms with Gasteiger partial charge in [0.05, 0.1) is 12.1 Å². The Bertz CT molecular complexity index is 551. The third kappa shape index (κ3) is 2.20. The van der Waals surface area contributed by atoms with E-state index >= 15 is 0 Å². The highest BCUT2D eigenvalue weighted by atomic mass is 16.5. The molecule has 17 heavy (non-hydrogen) atoms. The molecule has 0 spiro atoms. The highest BCUT2D eigenvalue weighted by Gasteiger charge is 2.15. The van der Waals surface area contributed by atoms with Crippen molar-refractivity contribution in [3.8, 4) is 5.75 Å². The van der Waals surface area contributed by atoms with Crippen molar-refractivity contribution in [1.82, 2.24) is 4.98 Å². The largest absolute Gasteiger partial charge is 0.492 e. The van der Waals surface area contributed by atoms with Crippen molar-refractivity contribution in [2.45, 2.75) is 13.3 Å². The molecule has 0 fully saturated rings. The van der Waals surface area contributed by atoms with Gasteiger partial charge in [0.2, 0.25) is 0 Å². The van der Waals surface area contributed by atoms with E-state index in [4.69, 9.17) is 9.84 Å². The van der Waals surface area contributed by atoms with Crippen LogP contribution in [0.4, 0.5) is 0 Å². The lowest BCUT2D eigenvalue weighted by atomic mass is 10.1. The third-order valence-corrected chi connectivity index (χ3v) is 2.41. The molecule has 1 aromatic carbocycles. The molecule has 0 aliphatic carbocycles. The Morgan fingerprint density at radius 1 is 1.41 bits per heavy atom. The fourth-order valence-electron chi connectivity index (χ4n) is 1.63. The Morgan fingerprint density at radius 3 is 2.88 bits per heavy atom. The predicted molar refractivity (Wildman–Crippen MR) is 64.5 cm³/mol. The average Bonchev–Trinajstić information content (AvgIpc) is 2.35. The second kappa shape index (κ2) is 4.82. The van der Waals surface area contributed by atoms with Gasteiger partial charge in [-0.15, -0.1) is 0 Å². The molecule has 0 amide bonds. The number of carboxylic acid groups (broad SMARTS) is 1. The second-order valence-corrected chi connectivity index (χ2v) is 3.67. The van der Waals surface area contributed by atoms with Crippen LogP contribution in [-0.2, 0) is 0 Å². The molecular formula is C13H13NO3. The Morgan fingerprint density at radius 2 is 2.18 bits per heavy atom. The first kappa shape index (κ1) is 11.4. The number of hydrogen-bond acceptors (Lipinski definition) is 3. The van der Waals surface area contributed by atoms with Crippen LogP contribution >= 0.6 is 0 Å². The lowest BCUT2D eigenvalue weighted by Crippen LogP contribution is -2.05. The number of rotatable bonds is 4. The first-order chi connectivity index (χ1) is 8.24. The molecule has 4 heteroatoms. The Hall–Kier alpha value is -2.10. The minimum absolute atomic E-state index is 0.108.